The van der Waals surface area contributed by atoms with Gasteiger partial charge in [0.25, 0.3) is 0 Å². The van der Waals surface area contributed by atoms with Crippen molar-refractivity contribution in [3.63, 3.8) is 0 Å². The molecule has 12 heteroatoms. The molecule has 2 N–H and O–H groups in total. The van der Waals surface area contributed by atoms with Crippen LogP contribution in [0.4, 0.5) is 9.59 Å². The van der Waals surface area contributed by atoms with Gasteiger partial charge in [0.15, 0.2) is 11.6 Å². The average molecular weight is 565 g/mol. The van der Waals surface area contributed by atoms with Crippen molar-refractivity contribution in [3.8, 4) is 0 Å². The van der Waals surface area contributed by atoms with E-state index in [2.05, 4.69) is 10.6 Å². The predicted molar refractivity (Wildman–Crippen MR) is 155 cm³/mol. The van der Waals surface area contributed by atoms with Crippen LogP contribution < -0.4 is 10.6 Å². The Morgan fingerprint density at radius 3 is 1.81 bits per heavy atom. The number of ether oxygens (including phenoxy) is 2. The highest BCUT2D eigenvalue weighted by molar-refractivity contribution is 7.59. The lowest BCUT2D eigenvalue weighted by atomic mass is 9.84. The van der Waals surface area contributed by atoms with Crippen LogP contribution in [0.2, 0.25) is 0 Å². The molecule has 1 aliphatic heterocycles. The van der Waals surface area contributed by atoms with E-state index in [-0.39, 0.29) is 76.8 Å². The monoisotopic (exact) mass is 564 g/mol. The molecule has 0 radical (unpaired) electrons. The second-order valence-electron chi connectivity index (χ2n) is 10.2. The number of carbonyl (C=O) groups is 4. The van der Waals surface area contributed by atoms with Gasteiger partial charge >= 0.3 is 12.2 Å². The summed E-state index contributed by atoms with van der Waals surface area (Å²) in [5.74, 6) is -0.419. The number of hydrogen-bond donors (Lipinski definition) is 2. The van der Waals surface area contributed by atoms with Crippen LogP contribution in [0.25, 0.3) is 0 Å². The van der Waals surface area contributed by atoms with Crippen molar-refractivity contribution in [2.45, 2.75) is 71.5 Å². The molecule has 0 saturated carbocycles. The predicted octanol–water partition coefficient (Wildman–Crippen LogP) is 2.60. The van der Waals surface area contributed by atoms with Gasteiger partial charge in [0, 0.05) is 39.1 Å². The third-order valence-corrected chi connectivity index (χ3v) is 6.22. The minimum Gasteiger partial charge on any atom is -0.445 e. The van der Waals surface area contributed by atoms with E-state index in [1.807, 2.05) is 34.6 Å². The Hall–Kier alpha value is -1.76. The van der Waals surface area contributed by atoms with Crippen LogP contribution in [0.3, 0.4) is 0 Å². The number of amides is 2. The molecule has 0 spiro atoms. The third-order valence-electron chi connectivity index (χ3n) is 6.22. The molecule has 216 valence electrons. The van der Waals surface area contributed by atoms with Crippen molar-refractivity contribution in [1.82, 2.24) is 20.4 Å². The highest BCUT2D eigenvalue weighted by Crippen LogP contribution is 2.20. The number of cyclic esters (lactones) is 2. The highest BCUT2D eigenvalue weighted by Gasteiger charge is 2.39. The molecule has 0 aliphatic carbocycles. The molecule has 2 amide bonds. The molecule has 0 aromatic carbocycles. The van der Waals surface area contributed by atoms with E-state index >= 15 is 0 Å². The number of carbonyl (C=O) groups excluding carboxylic acids is 4. The average Bonchev–Trinajstić information content (AvgIpc) is 2.79. The Labute approximate surface area is 236 Å². The molecule has 0 aromatic rings. The van der Waals surface area contributed by atoms with E-state index in [1.165, 1.54) is 9.80 Å². The maximum atomic E-state index is 13.4. The minimum absolute atomic E-state index is 0. The molecule has 0 fully saturated rings. The second kappa shape index (κ2) is 17.0. The Morgan fingerprint density at radius 2 is 1.38 bits per heavy atom. The number of hydrogen-bond acceptors (Lipinski definition) is 8. The van der Waals surface area contributed by atoms with E-state index in [0.717, 1.165) is 0 Å². The van der Waals surface area contributed by atoms with Gasteiger partial charge in [-0.15, -0.1) is 0 Å². The molecule has 2 atom stereocenters. The normalized spacial score (nSPS) is 25.3. The van der Waals surface area contributed by atoms with Crippen LogP contribution in [-0.2, 0) is 19.1 Å². The first kappa shape index (κ1) is 37.4. The van der Waals surface area contributed by atoms with E-state index in [0.29, 0.717) is 19.4 Å². The van der Waals surface area contributed by atoms with Crippen LogP contribution in [0, 0.1) is 5.92 Å². The van der Waals surface area contributed by atoms with Gasteiger partial charge in [-0.25, -0.2) is 9.59 Å². The molecule has 0 saturated heterocycles. The van der Waals surface area contributed by atoms with Gasteiger partial charge in [-0.05, 0) is 52.7 Å². The van der Waals surface area contributed by atoms with Gasteiger partial charge in [0.05, 0.1) is 17.6 Å². The van der Waals surface area contributed by atoms with Crippen molar-refractivity contribution in [3.05, 3.63) is 12.2 Å². The fraction of sp³-hybridized carbons (Fsp3) is 0.760. The topological polar surface area (TPSA) is 117 Å². The number of nitrogens with zero attached hydrogens (tertiary/aromatic N) is 2. The first-order valence-corrected chi connectivity index (χ1v) is 12.2. The summed E-state index contributed by atoms with van der Waals surface area (Å²) in [7, 11) is 3.21. The van der Waals surface area contributed by atoms with Gasteiger partial charge in [0.1, 0.15) is 13.2 Å². The van der Waals surface area contributed by atoms with Crippen LogP contribution >= 0.6 is 27.0 Å². The SMILES string of the molecule is CC(C)N[C@@]1(C)CCN(C)C(=O)OCC=CCOC(=O)N(C)CC[C@@](C)(C(=O)C(C)C)NCC1=O.S.S. The molecule has 1 heterocycles. The second-order valence-corrected chi connectivity index (χ2v) is 10.2. The summed E-state index contributed by atoms with van der Waals surface area (Å²) < 4.78 is 10.4. The van der Waals surface area contributed by atoms with Gasteiger partial charge in [-0.2, -0.15) is 27.0 Å². The lowest BCUT2D eigenvalue weighted by Crippen LogP contribution is -2.60. The van der Waals surface area contributed by atoms with Gasteiger partial charge in [0.2, 0.25) is 0 Å². The van der Waals surface area contributed by atoms with E-state index < -0.39 is 23.3 Å². The number of ketones is 2. The van der Waals surface area contributed by atoms with Crippen LogP contribution in [0.15, 0.2) is 12.2 Å². The van der Waals surface area contributed by atoms with Crippen LogP contribution in [-0.4, -0.2) is 97.6 Å². The number of nitrogens with one attached hydrogen (secondary N) is 2. The van der Waals surface area contributed by atoms with Crippen LogP contribution in [0.1, 0.15) is 54.4 Å². The maximum Gasteiger partial charge on any atom is 0.409 e. The summed E-state index contributed by atoms with van der Waals surface area (Å²) in [4.78, 5) is 54.0. The molecule has 1 aliphatic rings. The fourth-order valence-electron chi connectivity index (χ4n) is 3.90. The first-order valence-electron chi connectivity index (χ1n) is 12.2. The number of rotatable bonds is 4. The molecular formula is C25H48N4O6S2. The van der Waals surface area contributed by atoms with Gasteiger partial charge < -0.3 is 24.6 Å². The lowest BCUT2D eigenvalue weighted by Gasteiger charge is -2.36. The Kier molecular flexibility index (Phi) is 17.1. The van der Waals surface area contributed by atoms with Crippen LogP contribution in [0.5, 0.6) is 0 Å². The minimum atomic E-state index is -1.01. The highest BCUT2D eigenvalue weighted by atomic mass is 32.1. The van der Waals surface area contributed by atoms with E-state index in [4.69, 9.17) is 9.47 Å². The molecule has 1 rings (SSSR count). The third kappa shape index (κ3) is 12.1. The summed E-state index contributed by atoms with van der Waals surface area (Å²) in [6, 6.07) is 0.0243. The zero-order chi connectivity index (χ0) is 26.8. The standard InChI is InChI=1S/C25H44N4O6.2H2S/c1-18(2)21(31)25(6)12-14-29(8)23(33)35-16-10-9-15-34-22(32)28(7)13-11-24(5,27-19(3)4)20(30)17-26-25;;/h9-10,18-19,26-27H,11-17H2,1-8H3;2*1H2/t24-,25-;;/m0../s1. The zero-order valence-corrected chi connectivity index (χ0v) is 25.6. The smallest absolute Gasteiger partial charge is 0.409 e. The summed E-state index contributed by atoms with van der Waals surface area (Å²) in [6.45, 7) is 11.7. The summed E-state index contributed by atoms with van der Waals surface area (Å²) in [5.41, 5.74) is -1.94. The fourth-order valence-corrected chi connectivity index (χ4v) is 3.90. The molecule has 0 bridgehead atoms. The molecule has 37 heavy (non-hydrogen) atoms. The van der Waals surface area contributed by atoms with Crippen molar-refractivity contribution in [2.75, 3.05) is 46.9 Å². The Bertz CT molecular complexity index is 795. The quantitative estimate of drug-likeness (QED) is 0.501. The Balaban J connectivity index is 0. The zero-order valence-electron chi connectivity index (χ0n) is 23.6. The molecule has 0 aromatic heterocycles. The summed E-state index contributed by atoms with van der Waals surface area (Å²) >= 11 is 0. The van der Waals surface area contributed by atoms with Gasteiger partial charge in [-0.3, -0.25) is 14.9 Å². The summed E-state index contributed by atoms with van der Waals surface area (Å²) in [5, 5.41) is 6.52. The summed E-state index contributed by atoms with van der Waals surface area (Å²) in [6.07, 6.45) is 2.84. The first-order chi connectivity index (χ1) is 16.2. The van der Waals surface area contributed by atoms with Gasteiger partial charge in [-0.1, -0.05) is 13.8 Å². The molecule has 0 unspecified atom stereocenters. The van der Waals surface area contributed by atoms with E-state index in [9.17, 15) is 19.2 Å². The lowest BCUT2D eigenvalue weighted by molar-refractivity contribution is -0.129. The Morgan fingerprint density at radius 1 is 0.919 bits per heavy atom. The number of Topliss-reactive ketones (excluding diaryl/α,β-unsaturated/α-hetero) is 2. The van der Waals surface area contributed by atoms with E-state index in [1.54, 1.807) is 33.2 Å². The van der Waals surface area contributed by atoms with Crippen molar-refractivity contribution >= 4 is 50.7 Å². The molecular weight excluding hydrogens is 516 g/mol. The maximum absolute atomic E-state index is 13.4. The van der Waals surface area contributed by atoms with Crippen molar-refractivity contribution in [1.29, 1.82) is 0 Å². The van der Waals surface area contributed by atoms with Crippen molar-refractivity contribution in [2.24, 2.45) is 5.92 Å². The largest absolute Gasteiger partial charge is 0.445 e. The van der Waals surface area contributed by atoms with Crippen molar-refractivity contribution < 1.29 is 28.7 Å². The molecule has 10 nitrogen and oxygen atoms in total.